The average Bonchev–Trinajstić information content (AvgIpc) is 2.44. The molecule has 0 amide bonds. The van der Waals surface area contributed by atoms with Crippen molar-refractivity contribution in [3.63, 3.8) is 0 Å². The highest BCUT2D eigenvalue weighted by Gasteiger charge is 2.15. The van der Waals surface area contributed by atoms with Gasteiger partial charge in [0.2, 0.25) is 0 Å². The fourth-order valence-corrected chi connectivity index (χ4v) is 2.30. The Hall–Kier alpha value is -2.23. The summed E-state index contributed by atoms with van der Waals surface area (Å²) in [5.41, 5.74) is 1.97. The van der Waals surface area contributed by atoms with Gasteiger partial charge >= 0.3 is 0 Å². The minimum absolute atomic E-state index is 0.177. The van der Waals surface area contributed by atoms with Crippen molar-refractivity contribution >= 4 is 5.69 Å². The molecule has 0 aliphatic rings. The van der Waals surface area contributed by atoms with Crippen LogP contribution in [0, 0.1) is 10.8 Å². The van der Waals surface area contributed by atoms with Crippen LogP contribution in [0.4, 0.5) is 5.69 Å². The Kier molecular flexibility index (Phi) is 4.13. The molecule has 0 N–H and O–H groups in total. The number of nitrogens with zero attached hydrogens (tertiary/aromatic N) is 2. The summed E-state index contributed by atoms with van der Waals surface area (Å²) < 4.78 is 1.61. The zero-order valence-corrected chi connectivity index (χ0v) is 12.0. The Morgan fingerprint density at radius 1 is 1.20 bits per heavy atom. The SMILES string of the molecule is CC(C)Cc1cc(N=O)c(-c2ccccc2)c(=O)n1C. The maximum atomic E-state index is 12.5. The number of hydrogen-bond acceptors (Lipinski definition) is 3. The van der Waals surface area contributed by atoms with Crippen LogP contribution in [0.15, 0.2) is 46.4 Å². The first kappa shape index (κ1) is 14.2. The Balaban J connectivity index is 2.68. The zero-order chi connectivity index (χ0) is 14.7. The lowest BCUT2D eigenvalue weighted by Gasteiger charge is -2.13. The molecule has 0 saturated heterocycles. The Bertz CT molecular complexity index is 673. The van der Waals surface area contributed by atoms with Crippen molar-refractivity contribution in [2.45, 2.75) is 20.3 Å². The maximum Gasteiger partial charge on any atom is 0.260 e. The standard InChI is InChI=1S/C16H18N2O2/c1-11(2)9-13-10-14(17-20)15(16(19)18(13)3)12-7-5-4-6-8-12/h4-8,10-11H,9H2,1-3H3. The number of aromatic nitrogens is 1. The van der Waals surface area contributed by atoms with Gasteiger partial charge in [-0.3, -0.25) is 4.79 Å². The third-order valence-corrected chi connectivity index (χ3v) is 3.29. The summed E-state index contributed by atoms with van der Waals surface area (Å²) >= 11 is 0. The van der Waals surface area contributed by atoms with Crippen LogP contribution < -0.4 is 5.56 Å². The monoisotopic (exact) mass is 270 g/mol. The molecule has 2 aromatic rings. The van der Waals surface area contributed by atoms with E-state index in [2.05, 4.69) is 19.0 Å². The van der Waals surface area contributed by atoms with E-state index >= 15 is 0 Å². The van der Waals surface area contributed by atoms with Crippen LogP contribution in [0.3, 0.4) is 0 Å². The molecule has 0 aliphatic heterocycles. The molecule has 104 valence electrons. The lowest BCUT2D eigenvalue weighted by atomic mass is 10.0. The average molecular weight is 270 g/mol. The molecule has 0 unspecified atom stereocenters. The molecular weight excluding hydrogens is 252 g/mol. The van der Waals surface area contributed by atoms with Crippen molar-refractivity contribution in [2.24, 2.45) is 18.1 Å². The summed E-state index contributed by atoms with van der Waals surface area (Å²) in [5, 5.41) is 3.05. The van der Waals surface area contributed by atoms with Crippen molar-refractivity contribution in [2.75, 3.05) is 0 Å². The highest BCUT2D eigenvalue weighted by atomic mass is 16.3. The first-order valence-corrected chi connectivity index (χ1v) is 6.66. The fourth-order valence-electron chi connectivity index (χ4n) is 2.30. The van der Waals surface area contributed by atoms with Crippen molar-refractivity contribution in [3.8, 4) is 11.1 Å². The quantitative estimate of drug-likeness (QED) is 0.796. The van der Waals surface area contributed by atoms with Gasteiger partial charge in [-0.1, -0.05) is 44.2 Å². The van der Waals surface area contributed by atoms with Crippen LogP contribution in [0.2, 0.25) is 0 Å². The molecule has 0 atom stereocenters. The van der Waals surface area contributed by atoms with Crippen LogP contribution in [-0.2, 0) is 13.5 Å². The maximum absolute atomic E-state index is 12.5. The van der Waals surface area contributed by atoms with E-state index in [0.717, 1.165) is 17.7 Å². The van der Waals surface area contributed by atoms with Crippen LogP contribution >= 0.6 is 0 Å². The van der Waals surface area contributed by atoms with E-state index in [4.69, 9.17) is 0 Å². The third kappa shape index (κ3) is 2.69. The van der Waals surface area contributed by atoms with E-state index in [9.17, 15) is 9.70 Å². The molecular formula is C16H18N2O2. The van der Waals surface area contributed by atoms with E-state index < -0.39 is 0 Å². The van der Waals surface area contributed by atoms with Gasteiger partial charge in [-0.25, -0.2) is 0 Å². The molecule has 20 heavy (non-hydrogen) atoms. The van der Waals surface area contributed by atoms with Gasteiger partial charge in [-0.05, 0) is 29.1 Å². The molecule has 4 heteroatoms. The van der Waals surface area contributed by atoms with Gasteiger partial charge in [0, 0.05) is 12.7 Å². The summed E-state index contributed by atoms with van der Waals surface area (Å²) in [5.74, 6) is 0.405. The van der Waals surface area contributed by atoms with Crippen molar-refractivity contribution in [1.29, 1.82) is 0 Å². The highest BCUT2D eigenvalue weighted by molar-refractivity contribution is 5.75. The molecule has 0 bridgehead atoms. The van der Waals surface area contributed by atoms with E-state index in [-0.39, 0.29) is 11.2 Å². The zero-order valence-electron chi connectivity index (χ0n) is 12.0. The molecule has 0 aliphatic carbocycles. The lowest BCUT2D eigenvalue weighted by molar-refractivity contribution is 0.606. The molecule has 1 aromatic carbocycles. The first-order chi connectivity index (χ1) is 9.54. The minimum atomic E-state index is -0.177. The van der Waals surface area contributed by atoms with Crippen LogP contribution in [-0.4, -0.2) is 4.57 Å². The smallest absolute Gasteiger partial charge is 0.260 e. The lowest BCUT2D eigenvalue weighted by Crippen LogP contribution is -2.23. The summed E-state index contributed by atoms with van der Waals surface area (Å²) in [6.45, 7) is 4.15. The predicted molar refractivity (Wildman–Crippen MR) is 81.1 cm³/mol. The number of pyridine rings is 1. The topological polar surface area (TPSA) is 51.4 Å². The Labute approximate surface area is 118 Å². The first-order valence-electron chi connectivity index (χ1n) is 6.66. The number of benzene rings is 1. The summed E-state index contributed by atoms with van der Waals surface area (Å²) in [6, 6.07) is 10.9. The normalized spacial score (nSPS) is 10.8. The Morgan fingerprint density at radius 3 is 2.40 bits per heavy atom. The number of nitroso groups, excluding NO2 is 1. The summed E-state index contributed by atoms with van der Waals surface area (Å²) in [4.78, 5) is 23.6. The minimum Gasteiger partial charge on any atom is -0.315 e. The molecule has 4 nitrogen and oxygen atoms in total. The van der Waals surface area contributed by atoms with Gasteiger partial charge in [-0.2, -0.15) is 0 Å². The predicted octanol–water partition coefficient (Wildman–Crippen LogP) is 3.65. The molecule has 0 spiro atoms. The van der Waals surface area contributed by atoms with Crippen molar-refractivity contribution in [3.05, 3.63) is 57.4 Å². The van der Waals surface area contributed by atoms with Crippen molar-refractivity contribution < 1.29 is 0 Å². The molecule has 2 rings (SSSR count). The van der Waals surface area contributed by atoms with Crippen LogP contribution in [0.25, 0.3) is 11.1 Å². The molecule has 0 saturated carbocycles. The van der Waals surface area contributed by atoms with E-state index in [1.807, 2.05) is 30.3 Å². The number of hydrogen-bond donors (Lipinski definition) is 0. The van der Waals surface area contributed by atoms with Crippen LogP contribution in [0.5, 0.6) is 0 Å². The molecule has 1 aromatic heterocycles. The van der Waals surface area contributed by atoms with Gasteiger partial charge in [0.05, 0.1) is 5.56 Å². The largest absolute Gasteiger partial charge is 0.315 e. The molecule has 1 heterocycles. The molecule has 0 fully saturated rings. The summed E-state index contributed by atoms with van der Waals surface area (Å²) in [7, 11) is 1.74. The highest BCUT2D eigenvalue weighted by Crippen LogP contribution is 2.28. The number of rotatable bonds is 4. The van der Waals surface area contributed by atoms with Gasteiger partial charge in [0.15, 0.2) is 0 Å². The fraction of sp³-hybridized carbons (Fsp3) is 0.312. The second-order valence-corrected chi connectivity index (χ2v) is 5.32. The van der Waals surface area contributed by atoms with Gasteiger partial charge in [-0.15, -0.1) is 4.91 Å². The molecule has 0 radical (unpaired) electrons. The van der Waals surface area contributed by atoms with E-state index in [1.54, 1.807) is 17.7 Å². The van der Waals surface area contributed by atoms with E-state index in [0.29, 0.717) is 11.5 Å². The van der Waals surface area contributed by atoms with E-state index in [1.165, 1.54) is 0 Å². The van der Waals surface area contributed by atoms with Crippen molar-refractivity contribution in [1.82, 2.24) is 4.57 Å². The van der Waals surface area contributed by atoms with Gasteiger partial charge in [0.1, 0.15) is 5.69 Å². The summed E-state index contributed by atoms with van der Waals surface area (Å²) in [6.07, 6.45) is 0.739. The third-order valence-electron chi connectivity index (χ3n) is 3.29. The second-order valence-electron chi connectivity index (χ2n) is 5.32. The second kappa shape index (κ2) is 5.82. The van der Waals surface area contributed by atoms with Gasteiger partial charge in [0.25, 0.3) is 5.56 Å². The van der Waals surface area contributed by atoms with Gasteiger partial charge < -0.3 is 4.57 Å². The Morgan fingerprint density at radius 2 is 1.85 bits per heavy atom. The van der Waals surface area contributed by atoms with Crippen LogP contribution in [0.1, 0.15) is 19.5 Å².